The standard InChI is InChI=1S/C14H16F2O2/c1-13(2,3)14(15,16)11-8-18-12-7-9(17-4)5-6-10(11)12/h5-8H,1-4H3. The maximum Gasteiger partial charge on any atom is 0.281 e. The van der Waals surface area contributed by atoms with Crippen LogP contribution in [-0.2, 0) is 5.92 Å². The average molecular weight is 254 g/mol. The summed E-state index contributed by atoms with van der Waals surface area (Å²) in [6, 6.07) is 4.87. The number of hydrogen-bond donors (Lipinski definition) is 0. The summed E-state index contributed by atoms with van der Waals surface area (Å²) in [7, 11) is 1.52. The molecule has 0 radical (unpaired) electrons. The highest BCUT2D eigenvalue weighted by molar-refractivity contribution is 5.83. The summed E-state index contributed by atoms with van der Waals surface area (Å²) in [6.07, 6.45) is 1.13. The first-order valence-electron chi connectivity index (χ1n) is 5.71. The van der Waals surface area contributed by atoms with Crippen LogP contribution < -0.4 is 4.74 Å². The van der Waals surface area contributed by atoms with Gasteiger partial charge in [0.15, 0.2) is 0 Å². The highest BCUT2D eigenvalue weighted by atomic mass is 19.3. The molecule has 2 aromatic rings. The number of benzene rings is 1. The Hall–Kier alpha value is -1.58. The van der Waals surface area contributed by atoms with Gasteiger partial charge in [0.25, 0.3) is 5.92 Å². The van der Waals surface area contributed by atoms with Crippen LogP contribution in [0.3, 0.4) is 0 Å². The van der Waals surface area contributed by atoms with E-state index < -0.39 is 11.3 Å². The fourth-order valence-corrected chi connectivity index (χ4v) is 1.78. The van der Waals surface area contributed by atoms with E-state index in [4.69, 9.17) is 9.15 Å². The van der Waals surface area contributed by atoms with E-state index in [9.17, 15) is 8.78 Å². The molecular formula is C14H16F2O2. The van der Waals surface area contributed by atoms with Crippen LogP contribution in [0.2, 0.25) is 0 Å². The summed E-state index contributed by atoms with van der Waals surface area (Å²) in [4.78, 5) is 0. The maximum absolute atomic E-state index is 14.3. The third-order valence-electron chi connectivity index (χ3n) is 3.06. The van der Waals surface area contributed by atoms with Crippen molar-refractivity contribution >= 4 is 11.0 Å². The summed E-state index contributed by atoms with van der Waals surface area (Å²) in [5.74, 6) is -2.37. The Labute approximate surface area is 105 Å². The van der Waals surface area contributed by atoms with E-state index in [-0.39, 0.29) is 5.56 Å². The van der Waals surface area contributed by atoms with Gasteiger partial charge in [0, 0.05) is 16.9 Å². The van der Waals surface area contributed by atoms with Gasteiger partial charge < -0.3 is 9.15 Å². The van der Waals surface area contributed by atoms with Crippen LogP contribution in [0, 0.1) is 5.41 Å². The Kier molecular flexibility index (Phi) is 2.84. The molecule has 4 heteroatoms. The number of ether oxygens (including phenoxy) is 1. The number of furan rings is 1. The van der Waals surface area contributed by atoms with Gasteiger partial charge in [0.1, 0.15) is 17.6 Å². The van der Waals surface area contributed by atoms with Gasteiger partial charge in [-0.15, -0.1) is 0 Å². The van der Waals surface area contributed by atoms with Gasteiger partial charge in [0.2, 0.25) is 0 Å². The lowest BCUT2D eigenvalue weighted by molar-refractivity contribution is -0.103. The van der Waals surface area contributed by atoms with Gasteiger partial charge in [-0.3, -0.25) is 0 Å². The van der Waals surface area contributed by atoms with Crippen LogP contribution in [0.5, 0.6) is 5.75 Å². The molecule has 0 atom stereocenters. The minimum atomic E-state index is -2.95. The van der Waals surface area contributed by atoms with Crippen LogP contribution in [0.25, 0.3) is 11.0 Å². The fraction of sp³-hybridized carbons (Fsp3) is 0.429. The van der Waals surface area contributed by atoms with Gasteiger partial charge in [-0.2, -0.15) is 0 Å². The number of fused-ring (bicyclic) bond motifs is 1. The number of rotatable bonds is 2. The van der Waals surface area contributed by atoms with Crippen LogP contribution in [0.15, 0.2) is 28.9 Å². The highest BCUT2D eigenvalue weighted by Gasteiger charge is 2.46. The Bertz CT molecular complexity index is 565. The van der Waals surface area contributed by atoms with Gasteiger partial charge in [0.05, 0.1) is 12.7 Å². The second kappa shape index (κ2) is 3.97. The lowest BCUT2D eigenvalue weighted by Crippen LogP contribution is -2.30. The molecule has 0 saturated heterocycles. The summed E-state index contributed by atoms with van der Waals surface area (Å²) < 4.78 is 38.9. The lowest BCUT2D eigenvalue weighted by atomic mass is 9.83. The first-order chi connectivity index (χ1) is 8.27. The molecule has 98 valence electrons. The quantitative estimate of drug-likeness (QED) is 0.782. The topological polar surface area (TPSA) is 22.4 Å². The average Bonchev–Trinajstić information content (AvgIpc) is 2.70. The molecule has 2 nitrogen and oxygen atoms in total. The lowest BCUT2D eigenvalue weighted by Gasteiger charge is -2.29. The fourth-order valence-electron chi connectivity index (χ4n) is 1.78. The molecule has 2 rings (SSSR count). The van der Waals surface area contributed by atoms with Crippen molar-refractivity contribution in [2.24, 2.45) is 5.41 Å². The van der Waals surface area contributed by atoms with Crippen LogP contribution >= 0.6 is 0 Å². The normalized spacial score (nSPS) is 13.0. The van der Waals surface area contributed by atoms with Gasteiger partial charge in [-0.1, -0.05) is 20.8 Å². The van der Waals surface area contributed by atoms with E-state index in [1.807, 2.05) is 0 Å². The molecule has 0 N–H and O–H groups in total. The van der Waals surface area contributed by atoms with Crippen molar-refractivity contribution in [3.63, 3.8) is 0 Å². The second-order valence-electron chi connectivity index (χ2n) is 5.34. The SMILES string of the molecule is COc1ccc2c(C(F)(F)C(C)(C)C)coc2c1. The highest BCUT2D eigenvalue weighted by Crippen LogP contribution is 2.47. The molecule has 1 aromatic heterocycles. The zero-order chi connectivity index (χ0) is 13.6. The number of halogens is 2. The Balaban J connectivity index is 2.60. The van der Waals surface area contributed by atoms with Crippen LogP contribution in [0.4, 0.5) is 8.78 Å². The van der Waals surface area contributed by atoms with Gasteiger partial charge in [-0.25, -0.2) is 8.78 Å². The molecule has 18 heavy (non-hydrogen) atoms. The smallest absolute Gasteiger partial charge is 0.281 e. The predicted octanol–water partition coefficient (Wildman–Crippen LogP) is 4.58. The number of methoxy groups -OCH3 is 1. The van der Waals surface area contributed by atoms with E-state index >= 15 is 0 Å². The third kappa shape index (κ3) is 1.85. The summed E-state index contributed by atoms with van der Waals surface area (Å²) in [6.45, 7) is 4.53. The van der Waals surface area contributed by atoms with Crippen LogP contribution in [0.1, 0.15) is 26.3 Å². The number of hydrogen-bond acceptors (Lipinski definition) is 2. The number of alkyl halides is 2. The van der Waals surface area contributed by atoms with Crippen molar-refractivity contribution < 1.29 is 17.9 Å². The first kappa shape index (κ1) is 12.9. The zero-order valence-electron chi connectivity index (χ0n) is 10.9. The van der Waals surface area contributed by atoms with E-state index in [2.05, 4.69) is 0 Å². The largest absolute Gasteiger partial charge is 0.497 e. The Morgan fingerprint density at radius 3 is 2.39 bits per heavy atom. The van der Waals surface area contributed by atoms with Crippen molar-refractivity contribution in [1.82, 2.24) is 0 Å². The molecule has 0 aliphatic rings. The molecule has 0 amide bonds. The van der Waals surface area contributed by atoms with Gasteiger partial charge >= 0.3 is 0 Å². The Morgan fingerprint density at radius 1 is 1.17 bits per heavy atom. The molecule has 1 aromatic carbocycles. The molecule has 0 fully saturated rings. The molecule has 0 spiro atoms. The van der Waals surface area contributed by atoms with Crippen LogP contribution in [-0.4, -0.2) is 7.11 Å². The molecule has 0 unspecified atom stereocenters. The van der Waals surface area contributed by atoms with E-state index in [0.29, 0.717) is 16.7 Å². The third-order valence-corrected chi connectivity index (χ3v) is 3.06. The van der Waals surface area contributed by atoms with Crippen molar-refractivity contribution in [2.75, 3.05) is 7.11 Å². The van der Waals surface area contributed by atoms with Gasteiger partial charge in [-0.05, 0) is 12.1 Å². The monoisotopic (exact) mass is 254 g/mol. The minimum absolute atomic E-state index is 0.0762. The van der Waals surface area contributed by atoms with Crippen molar-refractivity contribution in [2.45, 2.75) is 26.7 Å². The van der Waals surface area contributed by atoms with E-state index in [1.54, 1.807) is 18.2 Å². The molecular weight excluding hydrogens is 238 g/mol. The van der Waals surface area contributed by atoms with E-state index in [1.165, 1.54) is 27.9 Å². The molecule has 0 aliphatic heterocycles. The molecule has 0 aliphatic carbocycles. The summed E-state index contributed by atoms with van der Waals surface area (Å²) in [5.41, 5.74) is -0.829. The Morgan fingerprint density at radius 2 is 1.83 bits per heavy atom. The maximum atomic E-state index is 14.3. The van der Waals surface area contributed by atoms with E-state index in [0.717, 1.165) is 6.26 Å². The summed E-state index contributed by atoms with van der Waals surface area (Å²) in [5, 5.41) is 0.427. The van der Waals surface area contributed by atoms with Crippen molar-refractivity contribution in [1.29, 1.82) is 0 Å². The van der Waals surface area contributed by atoms with Crippen molar-refractivity contribution in [3.8, 4) is 5.75 Å². The molecule has 0 saturated carbocycles. The predicted molar refractivity (Wildman–Crippen MR) is 66.1 cm³/mol. The molecule has 0 bridgehead atoms. The van der Waals surface area contributed by atoms with Crippen molar-refractivity contribution in [3.05, 3.63) is 30.0 Å². The first-order valence-corrected chi connectivity index (χ1v) is 5.71. The summed E-state index contributed by atoms with van der Waals surface area (Å²) >= 11 is 0. The minimum Gasteiger partial charge on any atom is -0.497 e. The second-order valence-corrected chi connectivity index (χ2v) is 5.34. The zero-order valence-corrected chi connectivity index (χ0v) is 10.9. The molecule has 1 heterocycles.